The van der Waals surface area contributed by atoms with Crippen LogP contribution in [0, 0.1) is 17.8 Å². The van der Waals surface area contributed by atoms with Crippen LogP contribution in [0.5, 0.6) is 11.5 Å². The minimum Gasteiger partial charge on any atom is -0.507 e. The second-order valence-electron chi connectivity index (χ2n) is 11.2. The molecule has 6 rings (SSSR count). The fraction of sp³-hybridized carbons (Fsp3) is 0.353. The lowest BCUT2D eigenvalue weighted by atomic mass is 9.69. The number of ether oxygens (including phenoxy) is 2. The zero-order valence-corrected chi connectivity index (χ0v) is 25.9. The molecule has 0 unspecified atom stereocenters. The molecule has 2 aromatic carbocycles. The number of aromatic hydroxyl groups is 1. The van der Waals surface area contributed by atoms with E-state index in [1.54, 1.807) is 17.4 Å². The molecule has 2 amide bonds. The standard InChI is InChI=1S/C34H34BrNO5S/c1-2-21(15-22-16-24(35)11-12-29(22)37)10-13-30-31-23(19-40-25-7-4-3-5-8-25)17-27-32(28(31)20-41-30)34(39)36(33(27)38)18-26-9-6-14-42-26/h3-9,11-12,14-16,27-28,30,32,37H,2,10,13,17-20H2,1H3/b21-15+/t27-,28+,30-,32-/m1/s1. The molecular weight excluding hydrogens is 614 g/mol. The quantitative estimate of drug-likeness (QED) is 0.183. The van der Waals surface area contributed by atoms with Crippen LogP contribution in [0.25, 0.3) is 6.08 Å². The van der Waals surface area contributed by atoms with E-state index in [4.69, 9.17) is 9.47 Å². The van der Waals surface area contributed by atoms with Gasteiger partial charge in [0.15, 0.2) is 0 Å². The summed E-state index contributed by atoms with van der Waals surface area (Å²) in [6, 6.07) is 19.0. The van der Waals surface area contributed by atoms with Gasteiger partial charge in [0.2, 0.25) is 11.8 Å². The molecule has 0 radical (unpaired) electrons. The van der Waals surface area contributed by atoms with E-state index in [2.05, 4.69) is 28.9 Å². The first-order valence-electron chi connectivity index (χ1n) is 14.5. The average Bonchev–Trinajstić information content (AvgIpc) is 3.73. The number of phenols is 1. The van der Waals surface area contributed by atoms with Crippen LogP contribution in [-0.4, -0.2) is 41.1 Å². The van der Waals surface area contributed by atoms with Gasteiger partial charge in [0.05, 0.1) is 31.1 Å². The van der Waals surface area contributed by atoms with E-state index in [1.165, 1.54) is 10.5 Å². The third-order valence-corrected chi connectivity index (χ3v) is 10.0. The second kappa shape index (κ2) is 12.6. The maximum atomic E-state index is 13.8. The molecule has 2 aliphatic heterocycles. The van der Waals surface area contributed by atoms with E-state index in [-0.39, 0.29) is 35.5 Å². The number of carbonyl (C=O) groups excluding carboxylic acids is 2. The number of amides is 2. The SMILES string of the molecule is CC/C(=C\c1cc(Br)ccc1O)CC[C@H]1OC[C@H]2C1=C(COc1ccccc1)C[C@H]1C(=O)N(Cc3cccs3)C(=O)[C@H]12. The monoisotopic (exact) mass is 647 g/mol. The molecule has 1 aromatic heterocycles. The van der Waals surface area contributed by atoms with Gasteiger partial charge in [-0.15, -0.1) is 11.3 Å². The molecule has 8 heteroatoms. The normalized spacial score (nSPS) is 23.9. The van der Waals surface area contributed by atoms with E-state index in [0.717, 1.165) is 51.1 Å². The zero-order valence-electron chi connectivity index (χ0n) is 23.5. The number of imide groups is 1. The molecule has 1 N–H and O–H groups in total. The first-order chi connectivity index (χ1) is 20.4. The summed E-state index contributed by atoms with van der Waals surface area (Å²) in [6.07, 6.45) is 4.82. The Morgan fingerprint density at radius 2 is 1.95 bits per heavy atom. The predicted molar refractivity (Wildman–Crippen MR) is 167 cm³/mol. The molecule has 4 atom stereocenters. The molecule has 3 aromatic rings. The number of thiophene rings is 1. The molecule has 1 aliphatic carbocycles. The number of para-hydroxylation sites is 1. The Balaban J connectivity index is 1.26. The van der Waals surface area contributed by atoms with Gasteiger partial charge in [-0.3, -0.25) is 14.5 Å². The van der Waals surface area contributed by atoms with Crippen LogP contribution in [-0.2, 0) is 20.9 Å². The number of rotatable bonds is 10. The van der Waals surface area contributed by atoms with Crippen molar-refractivity contribution in [2.45, 2.75) is 45.3 Å². The smallest absolute Gasteiger partial charge is 0.234 e. The Morgan fingerprint density at radius 3 is 2.71 bits per heavy atom. The van der Waals surface area contributed by atoms with Gasteiger partial charge in [0.1, 0.15) is 18.1 Å². The molecule has 0 saturated carbocycles. The number of hydrogen-bond donors (Lipinski definition) is 1. The first kappa shape index (κ1) is 28.9. The van der Waals surface area contributed by atoms with E-state index >= 15 is 0 Å². The topological polar surface area (TPSA) is 76.1 Å². The number of likely N-dealkylation sites (tertiary alicyclic amines) is 1. The highest BCUT2D eigenvalue weighted by atomic mass is 79.9. The van der Waals surface area contributed by atoms with Crippen molar-refractivity contribution in [1.82, 2.24) is 4.90 Å². The summed E-state index contributed by atoms with van der Waals surface area (Å²) in [6.45, 7) is 3.25. The molecule has 218 valence electrons. The number of carbonyl (C=O) groups is 2. The van der Waals surface area contributed by atoms with Crippen molar-refractivity contribution in [3.8, 4) is 11.5 Å². The molecule has 42 heavy (non-hydrogen) atoms. The van der Waals surface area contributed by atoms with Crippen molar-refractivity contribution in [2.75, 3.05) is 13.2 Å². The maximum Gasteiger partial charge on any atom is 0.234 e. The van der Waals surface area contributed by atoms with Crippen LogP contribution in [0.2, 0.25) is 0 Å². The molecule has 0 bridgehead atoms. The molecule has 2 fully saturated rings. The van der Waals surface area contributed by atoms with E-state index in [0.29, 0.717) is 26.2 Å². The first-order valence-corrected chi connectivity index (χ1v) is 16.2. The number of phenolic OH excluding ortho intramolecular Hbond substituents is 1. The predicted octanol–water partition coefficient (Wildman–Crippen LogP) is 7.39. The third-order valence-electron chi connectivity index (χ3n) is 8.68. The van der Waals surface area contributed by atoms with Crippen LogP contribution in [0.3, 0.4) is 0 Å². The van der Waals surface area contributed by atoms with Gasteiger partial charge in [-0.05, 0) is 78.6 Å². The van der Waals surface area contributed by atoms with Gasteiger partial charge in [0.25, 0.3) is 0 Å². The Morgan fingerprint density at radius 1 is 1.12 bits per heavy atom. The zero-order chi connectivity index (χ0) is 29.2. The summed E-state index contributed by atoms with van der Waals surface area (Å²) >= 11 is 5.06. The van der Waals surface area contributed by atoms with Crippen molar-refractivity contribution >= 4 is 45.2 Å². The van der Waals surface area contributed by atoms with Crippen LogP contribution < -0.4 is 4.74 Å². The molecule has 6 nitrogen and oxygen atoms in total. The highest BCUT2D eigenvalue weighted by molar-refractivity contribution is 9.10. The van der Waals surface area contributed by atoms with Gasteiger partial charge in [0, 0.05) is 20.8 Å². The number of allylic oxidation sites excluding steroid dienone is 1. The molecular formula is C34H34BrNO5S. The maximum absolute atomic E-state index is 13.8. The summed E-state index contributed by atoms with van der Waals surface area (Å²) in [5.41, 5.74) is 4.22. The van der Waals surface area contributed by atoms with Crippen LogP contribution in [0.4, 0.5) is 0 Å². The van der Waals surface area contributed by atoms with Gasteiger partial charge in [-0.2, -0.15) is 0 Å². The summed E-state index contributed by atoms with van der Waals surface area (Å²) in [4.78, 5) is 29.8. The van der Waals surface area contributed by atoms with Crippen molar-refractivity contribution in [1.29, 1.82) is 0 Å². The summed E-state index contributed by atoms with van der Waals surface area (Å²) < 4.78 is 13.5. The summed E-state index contributed by atoms with van der Waals surface area (Å²) in [5.74, 6) is -0.0323. The lowest BCUT2D eigenvalue weighted by Crippen LogP contribution is -2.35. The van der Waals surface area contributed by atoms with Gasteiger partial charge in [-0.1, -0.05) is 58.8 Å². The van der Waals surface area contributed by atoms with Crippen molar-refractivity contribution < 1.29 is 24.2 Å². The number of halogens is 1. The Labute approximate surface area is 258 Å². The number of fused-ring (bicyclic) bond motifs is 3. The largest absolute Gasteiger partial charge is 0.507 e. The second-order valence-corrected chi connectivity index (χ2v) is 13.1. The van der Waals surface area contributed by atoms with Crippen molar-refractivity contribution in [3.05, 3.63) is 97.7 Å². The third kappa shape index (κ3) is 5.85. The number of hydrogen-bond acceptors (Lipinski definition) is 6. The minimum atomic E-state index is -0.391. The van der Waals surface area contributed by atoms with E-state index < -0.39 is 5.92 Å². The highest BCUT2D eigenvalue weighted by Crippen LogP contribution is 2.50. The molecule has 3 aliphatic rings. The lowest BCUT2D eigenvalue weighted by Gasteiger charge is -2.31. The van der Waals surface area contributed by atoms with Crippen molar-refractivity contribution in [3.63, 3.8) is 0 Å². The molecule has 3 heterocycles. The van der Waals surface area contributed by atoms with Crippen LogP contribution in [0.15, 0.2) is 87.2 Å². The number of benzene rings is 2. The minimum absolute atomic E-state index is 0.0764. The summed E-state index contributed by atoms with van der Waals surface area (Å²) in [7, 11) is 0. The van der Waals surface area contributed by atoms with E-state index in [9.17, 15) is 14.7 Å². The molecule has 0 spiro atoms. The fourth-order valence-electron chi connectivity index (χ4n) is 6.60. The molecule has 2 saturated heterocycles. The Bertz CT molecular complexity index is 1520. The van der Waals surface area contributed by atoms with Gasteiger partial charge < -0.3 is 14.6 Å². The highest BCUT2D eigenvalue weighted by Gasteiger charge is 2.57. The van der Waals surface area contributed by atoms with Crippen LogP contribution in [0.1, 0.15) is 43.0 Å². The van der Waals surface area contributed by atoms with Crippen molar-refractivity contribution in [2.24, 2.45) is 17.8 Å². The number of nitrogens with zero attached hydrogens (tertiary/aromatic N) is 1. The van der Waals surface area contributed by atoms with Gasteiger partial charge >= 0.3 is 0 Å². The van der Waals surface area contributed by atoms with Gasteiger partial charge in [-0.25, -0.2) is 0 Å². The average molecular weight is 649 g/mol. The fourth-order valence-corrected chi connectivity index (χ4v) is 7.67. The van der Waals surface area contributed by atoms with Crippen LogP contribution >= 0.6 is 27.3 Å². The van der Waals surface area contributed by atoms with E-state index in [1.807, 2.05) is 60.0 Å². The summed E-state index contributed by atoms with van der Waals surface area (Å²) in [5, 5.41) is 12.3. The Kier molecular flexibility index (Phi) is 8.65. The Hall–Kier alpha value is -3.20. The lowest BCUT2D eigenvalue weighted by molar-refractivity contribution is -0.140.